The van der Waals surface area contributed by atoms with Crippen LogP contribution in [-0.4, -0.2) is 10.6 Å². The Morgan fingerprint density at radius 1 is 1.03 bits per heavy atom. The van der Waals surface area contributed by atoms with Crippen molar-refractivity contribution in [1.29, 1.82) is 0 Å². The average molecular weight is 470 g/mol. The topological polar surface area (TPSA) is 63.1 Å². The molecule has 164 valence electrons. The Labute approximate surface area is 193 Å². The molecule has 2 amide bonds. The summed E-state index contributed by atoms with van der Waals surface area (Å²) >= 11 is 1.63. The fourth-order valence-electron chi connectivity index (χ4n) is 3.31. The van der Waals surface area contributed by atoms with E-state index in [2.05, 4.69) is 38.3 Å². The van der Waals surface area contributed by atoms with Crippen molar-refractivity contribution in [2.75, 3.05) is 5.32 Å². The molecule has 2 N–H and O–H groups in total. The minimum absolute atomic E-state index is 0. The van der Waals surface area contributed by atoms with Crippen LogP contribution in [0.4, 0.5) is 10.5 Å². The third-order valence-electron chi connectivity index (χ3n) is 4.61. The number of nitrogens with one attached hydrogen (secondary N) is 2. The number of aromatic nitrogens is 1. The Hall–Kier alpha value is -2.02. The quantitative estimate of drug-likeness (QED) is 0.459. The number of anilines is 1. The van der Waals surface area contributed by atoms with E-state index in [1.807, 2.05) is 35.7 Å². The largest absolute Gasteiger partial charge is 0.330 e. The van der Waals surface area contributed by atoms with E-state index in [1.165, 1.54) is 0 Å². The number of urea groups is 1. The molecule has 0 saturated heterocycles. The van der Waals surface area contributed by atoms with Crippen LogP contribution in [-0.2, 0) is 6.54 Å². The molecule has 3 rings (SSSR count). The van der Waals surface area contributed by atoms with Crippen LogP contribution < -0.4 is 16.2 Å². The molecule has 2 aromatic heterocycles. The maximum Gasteiger partial charge on any atom is 0.319 e. The summed E-state index contributed by atoms with van der Waals surface area (Å²) in [5.41, 5.74) is 0.607. The van der Waals surface area contributed by atoms with Crippen LogP contribution in [0.1, 0.15) is 38.6 Å². The number of halogens is 2. The van der Waals surface area contributed by atoms with Gasteiger partial charge in [0.15, 0.2) is 0 Å². The van der Waals surface area contributed by atoms with Gasteiger partial charge in [-0.2, -0.15) is 0 Å². The first-order valence-electron chi connectivity index (χ1n) is 9.60. The van der Waals surface area contributed by atoms with Gasteiger partial charge in [-0.25, -0.2) is 4.79 Å². The van der Waals surface area contributed by atoms with Crippen molar-refractivity contribution in [2.45, 2.75) is 40.3 Å². The Morgan fingerprint density at radius 2 is 1.70 bits per heavy atom. The maximum atomic E-state index is 12.8. The number of hydrogen-bond acceptors (Lipinski definition) is 3. The molecule has 0 aliphatic carbocycles. The molecular formula is C22H29Cl2N3O2S. The van der Waals surface area contributed by atoms with Gasteiger partial charge in [0.2, 0.25) is 0 Å². The molecule has 0 bridgehead atoms. The third-order valence-corrected chi connectivity index (χ3v) is 5.56. The summed E-state index contributed by atoms with van der Waals surface area (Å²) < 4.78 is 1.68. The van der Waals surface area contributed by atoms with Gasteiger partial charge in [0.05, 0.1) is 11.7 Å². The predicted octanol–water partition coefficient (Wildman–Crippen LogP) is 6.08. The number of carbonyl (C=O) groups is 1. The lowest BCUT2D eigenvalue weighted by Crippen LogP contribution is -2.35. The molecule has 0 aliphatic rings. The van der Waals surface area contributed by atoms with E-state index in [-0.39, 0.29) is 48.4 Å². The molecule has 0 fully saturated rings. The normalized spacial score (nSPS) is 11.7. The highest BCUT2D eigenvalue weighted by atomic mass is 35.5. The lowest BCUT2D eigenvalue weighted by Gasteiger charge is -2.22. The first-order valence-corrected chi connectivity index (χ1v) is 10.5. The molecule has 0 saturated carbocycles. The van der Waals surface area contributed by atoms with Crippen LogP contribution >= 0.6 is 36.2 Å². The maximum absolute atomic E-state index is 12.8. The summed E-state index contributed by atoms with van der Waals surface area (Å²) in [4.78, 5) is 26.7. The van der Waals surface area contributed by atoms with Crippen molar-refractivity contribution in [2.24, 2.45) is 11.8 Å². The second kappa shape index (κ2) is 11.4. The van der Waals surface area contributed by atoms with Crippen LogP contribution in [0.25, 0.3) is 10.8 Å². The Balaban J connectivity index is 0.00000225. The second-order valence-corrected chi connectivity index (χ2v) is 8.75. The number of thiophene rings is 1. The van der Waals surface area contributed by atoms with Gasteiger partial charge in [-0.05, 0) is 29.3 Å². The molecule has 0 aliphatic heterocycles. The molecule has 3 aromatic rings. The highest BCUT2D eigenvalue weighted by Gasteiger charge is 2.20. The molecule has 0 spiro atoms. The van der Waals surface area contributed by atoms with E-state index < -0.39 is 0 Å². The number of fused-ring (bicyclic) bond motifs is 1. The van der Waals surface area contributed by atoms with Crippen molar-refractivity contribution >= 4 is 58.6 Å². The molecule has 1 aromatic carbocycles. The highest BCUT2D eigenvalue weighted by molar-refractivity contribution is 7.10. The number of carbonyl (C=O) groups excluding carboxylic acids is 1. The lowest BCUT2D eigenvalue weighted by atomic mass is 10.0. The molecular weight excluding hydrogens is 441 g/mol. The minimum atomic E-state index is -0.271. The molecule has 8 heteroatoms. The van der Waals surface area contributed by atoms with E-state index in [9.17, 15) is 9.59 Å². The van der Waals surface area contributed by atoms with Crippen molar-refractivity contribution in [3.8, 4) is 0 Å². The minimum Gasteiger partial charge on any atom is -0.330 e. The van der Waals surface area contributed by atoms with Crippen LogP contribution in [0.2, 0.25) is 0 Å². The van der Waals surface area contributed by atoms with Crippen LogP contribution in [0.15, 0.2) is 52.8 Å². The Bertz CT molecular complexity index is 1020. The summed E-state index contributed by atoms with van der Waals surface area (Å²) in [5.74, 6) is 0.584. The molecule has 30 heavy (non-hydrogen) atoms. The van der Waals surface area contributed by atoms with Crippen molar-refractivity contribution in [1.82, 2.24) is 9.88 Å². The van der Waals surface area contributed by atoms with E-state index >= 15 is 0 Å². The van der Waals surface area contributed by atoms with Gasteiger partial charge >= 0.3 is 6.03 Å². The molecule has 0 radical (unpaired) electrons. The van der Waals surface area contributed by atoms with Crippen molar-refractivity contribution < 1.29 is 4.79 Å². The number of nitrogens with zero attached hydrogens (tertiary/aromatic N) is 1. The number of amides is 2. The summed E-state index contributed by atoms with van der Waals surface area (Å²) in [7, 11) is 0. The Kier molecular flexibility index (Phi) is 9.88. The standard InChI is InChI=1S/C22H27N3O2S.2ClH/c1-14(2)12-25-13-18(16-8-5-6-9-17(16)21(25)26)23-22(27)24-20(15(3)4)19-10-7-11-28-19;;/h5-11,13-15,20H,12H2,1-4H3,(H2,23,24,27);2*1H. The van der Waals surface area contributed by atoms with Crippen molar-refractivity contribution in [3.63, 3.8) is 0 Å². The molecule has 1 unspecified atom stereocenters. The summed E-state index contributed by atoms with van der Waals surface area (Å²) in [5, 5.41) is 9.42. The number of rotatable bonds is 6. The first-order chi connectivity index (χ1) is 13.4. The fourth-order valence-corrected chi connectivity index (χ4v) is 4.26. The van der Waals surface area contributed by atoms with E-state index in [0.717, 1.165) is 10.3 Å². The van der Waals surface area contributed by atoms with Gasteiger partial charge in [0.1, 0.15) is 0 Å². The summed E-state index contributed by atoms with van der Waals surface area (Å²) in [6, 6.07) is 11.1. The second-order valence-electron chi connectivity index (χ2n) is 7.78. The van der Waals surface area contributed by atoms with Crippen LogP contribution in [0.5, 0.6) is 0 Å². The third kappa shape index (κ3) is 6.00. The zero-order valence-electron chi connectivity index (χ0n) is 17.5. The number of hydrogen-bond donors (Lipinski definition) is 2. The van der Waals surface area contributed by atoms with Crippen LogP contribution in [0.3, 0.4) is 0 Å². The zero-order valence-corrected chi connectivity index (χ0v) is 20.0. The SMILES string of the molecule is CC(C)Cn1cc(NC(=O)NC(c2cccs2)C(C)C)c2ccccc2c1=O.Cl.Cl. The highest BCUT2D eigenvalue weighted by Crippen LogP contribution is 2.26. The zero-order chi connectivity index (χ0) is 20.3. The molecule has 5 nitrogen and oxygen atoms in total. The van der Waals surface area contributed by atoms with E-state index in [0.29, 0.717) is 23.5 Å². The summed E-state index contributed by atoms with van der Waals surface area (Å²) in [6.07, 6.45) is 1.75. The average Bonchev–Trinajstić information content (AvgIpc) is 3.17. The van der Waals surface area contributed by atoms with Gasteiger partial charge < -0.3 is 15.2 Å². The number of benzene rings is 1. The van der Waals surface area contributed by atoms with Crippen LogP contribution in [0, 0.1) is 11.8 Å². The first kappa shape index (κ1) is 26.0. The predicted molar refractivity (Wildman–Crippen MR) is 132 cm³/mol. The summed E-state index contributed by atoms with van der Waals surface area (Å²) in [6.45, 7) is 8.90. The van der Waals surface area contributed by atoms with Gasteiger partial charge in [-0.3, -0.25) is 4.79 Å². The molecule has 1 atom stereocenters. The van der Waals surface area contributed by atoms with E-state index in [1.54, 1.807) is 28.2 Å². The van der Waals surface area contributed by atoms with Gasteiger partial charge in [0, 0.05) is 28.4 Å². The monoisotopic (exact) mass is 469 g/mol. The van der Waals surface area contributed by atoms with E-state index in [4.69, 9.17) is 0 Å². The van der Waals surface area contributed by atoms with Gasteiger partial charge in [-0.15, -0.1) is 36.2 Å². The lowest BCUT2D eigenvalue weighted by molar-refractivity contribution is 0.245. The van der Waals surface area contributed by atoms with Gasteiger partial charge in [-0.1, -0.05) is 52.0 Å². The van der Waals surface area contributed by atoms with Crippen molar-refractivity contribution in [3.05, 3.63) is 63.2 Å². The smallest absolute Gasteiger partial charge is 0.319 e. The fraction of sp³-hybridized carbons (Fsp3) is 0.364. The Morgan fingerprint density at radius 3 is 2.27 bits per heavy atom. The number of pyridine rings is 1. The molecule has 2 heterocycles. The van der Waals surface area contributed by atoms with Gasteiger partial charge in [0.25, 0.3) is 5.56 Å².